The molecule has 0 radical (unpaired) electrons. The average molecular weight is 193 g/mol. The lowest BCUT2D eigenvalue weighted by molar-refractivity contribution is 0.316. The van der Waals surface area contributed by atoms with Gasteiger partial charge >= 0.3 is 0 Å². The molecule has 3 heteroatoms. The minimum atomic E-state index is 0.115. The van der Waals surface area contributed by atoms with Crippen molar-refractivity contribution in [3.63, 3.8) is 0 Å². The maximum atomic E-state index is 6.08. The maximum Gasteiger partial charge on any atom is 0.0631 e. The normalized spacial score (nSPS) is 14.1. The molecule has 78 valence electrons. The van der Waals surface area contributed by atoms with Crippen molar-refractivity contribution >= 4 is 0 Å². The molecule has 1 aromatic heterocycles. The van der Waals surface area contributed by atoms with Crippen LogP contribution in [0.25, 0.3) is 0 Å². The Balaban J connectivity index is 2.75. The fourth-order valence-corrected chi connectivity index (χ4v) is 1.15. The minimum Gasteiger partial charge on any atom is -0.327 e. The van der Waals surface area contributed by atoms with Crippen LogP contribution < -0.4 is 5.73 Å². The van der Waals surface area contributed by atoms with Crippen LogP contribution in [0, 0.1) is 12.3 Å². The third kappa shape index (κ3) is 2.77. The van der Waals surface area contributed by atoms with Crippen molar-refractivity contribution in [3.8, 4) is 0 Å². The fraction of sp³-hybridized carbons (Fsp3) is 0.636. The van der Waals surface area contributed by atoms with Crippen LogP contribution in [0.2, 0.25) is 0 Å². The van der Waals surface area contributed by atoms with Crippen LogP contribution in [0.3, 0.4) is 0 Å². The molecule has 0 aliphatic carbocycles. The van der Waals surface area contributed by atoms with Crippen molar-refractivity contribution in [2.24, 2.45) is 11.1 Å². The summed E-state index contributed by atoms with van der Waals surface area (Å²) in [6, 6.07) is 0.123. The highest BCUT2D eigenvalue weighted by Gasteiger charge is 2.21. The summed E-state index contributed by atoms with van der Waals surface area (Å²) >= 11 is 0. The number of hydrogen-bond donors (Lipinski definition) is 1. The van der Waals surface area contributed by atoms with Crippen molar-refractivity contribution in [2.45, 2.75) is 40.2 Å². The van der Waals surface area contributed by atoms with E-state index in [9.17, 15) is 0 Å². The van der Waals surface area contributed by atoms with Gasteiger partial charge in [0.15, 0.2) is 0 Å². The summed E-state index contributed by atoms with van der Waals surface area (Å²) in [6.45, 7) is 8.40. The van der Waals surface area contributed by atoms with Crippen LogP contribution in [0.5, 0.6) is 0 Å². The first kappa shape index (κ1) is 11.1. The van der Waals surface area contributed by atoms with E-state index in [1.165, 1.54) is 0 Å². The molecular formula is C11H19N3. The third-order valence-electron chi connectivity index (χ3n) is 2.51. The highest BCUT2D eigenvalue weighted by molar-refractivity contribution is 5.10. The minimum absolute atomic E-state index is 0.115. The molecule has 0 aromatic carbocycles. The molecule has 1 heterocycles. The Morgan fingerprint density at radius 2 is 1.86 bits per heavy atom. The Morgan fingerprint density at radius 1 is 1.29 bits per heavy atom. The second kappa shape index (κ2) is 4.05. The van der Waals surface area contributed by atoms with Crippen molar-refractivity contribution in [1.29, 1.82) is 0 Å². The average Bonchev–Trinajstić information content (AvgIpc) is 2.07. The van der Waals surface area contributed by atoms with Crippen molar-refractivity contribution in [1.82, 2.24) is 9.97 Å². The van der Waals surface area contributed by atoms with Gasteiger partial charge in [-0.1, -0.05) is 20.8 Å². The molecule has 2 N–H and O–H groups in total. The summed E-state index contributed by atoms with van der Waals surface area (Å²) in [6.07, 6.45) is 4.22. The van der Waals surface area contributed by atoms with E-state index in [2.05, 4.69) is 30.7 Å². The van der Waals surface area contributed by atoms with Gasteiger partial charge in [0.25, 0.3) is 0 Å². The van der Waals surface area contributed by atoms with Crippen molar-refractivity contribution < 1.29 is 0 Å². The first-order valence-corrected chi connectivity index (χ1v) is 4.93. The molecule has 0 amide bonds. The van der Waals surface area contributed by atoms with Gasteiger partial charge in [-0.25, -0.2) is 0 Å². The zero-order chi connectivity index (χ0) is 10.8. The molecule has 0 bridgehead atoms. The second-order valence-electron chi connectivity index (χ2n) is 4.77. The van der Waals surface area contributed by atoms with Crippen LogP contribution in [0.15, 0.2) is 12.4 Å². The molecule has 0 spiro atoms. The van der Waals surface area contributed by atoms with E-state index in [0.717, 1.165) is 17.8 Å². The Bertz CT molecular complexity index is 302. The number of aryl methyl sites for hydroxylation is 1. The van der Waals surface area contributed by atoms with Gasteiger partial charge in [0.2, 0.25) is 0 Å². The molecule has 14 heavy (non-hydrogen) atoms. The fourth-order valence-electron chi connectivity index (χ4n) is 1.15. The SMILES string of the molecule is Cc1nccnc1CC(N)C(C)(C)C. The van der Waals surface area contributed by atoms with E-state index in [0.29, 0.717) is 0 Å². The molecule has 0 saturated carbocycles. The summed E-state index contributed by atoms with van der Waals surface area (Å²) in [5, 5.41) is 0. The molecule has 3 nitrogen and oxygen atoms in total. The van der Waals surface area contributed by atoms with Crippen molar-refractivity contribution in [2.75, 3.05) is 0 Å². The van der Waals surface area contributed by atoms with E-state index in [4.69, 9.17) is 5.73 Å². The van der Waals surface area contributed by atoms with Crippen LogP contribution >= 0.6 is 0 Å². The highest BCUT2D eigenvalue weighted by atomic mass is 14.8. The Kier molecular flexibility index (Phi) is 3.21. The van der Waals surface area contributed by atoms with Crippen LogP contribution in [-0.4, -0.2) is 16.0 Å². The van der Waals surface area contributed by atoms with Gasteiger partial charge in [-0.15, -0.1) is 0 Å². The summed E-state index contributed by atoms with van der Waals surface area (Å²) < 4.78 is 0. The third-order valence-corrected chi connectivity index (χ3v) is 2.51. The summed E-state index contributed by atoms with van der Waals surface area (Å²) in [7, 11) is 0. The molecule has 1 aromatic rings. The standard InChI is InChI=1S/C11H19N3/c1-8-9(14-6-5-13-8)7-10(12)11(2,3)4/h5-6,10H,7,12H2,1-4H3. The number of nitrogens with two attached hydrogens (primary N) is 1. The lowest BCUT2D eigenvalue weighted by Gasteiger charge is -2.26. The molecule has 0 aliphatic heterocycles. The second-order valence-corrected chi connectivity index (χ2v) is 4.77. The molecular weight excluding hydrogens is 174 g/mol. The zero-order valence-corrected chi connectivity index (χ0v) is 9.41. The molecule has 0 aliphatic rings. The van der Waals surface area contributed by atoms with Gasteiger partial charge < -0.3 is 5.73 Å². The zero-order valence-electron chi connectivity index (χ0n) is 9.41. The predicted molar refractivity (Wildman–Crippen MR) is 57.9 cm³/mol. The first-order valence-electron chi connectivity index (χ1n) is 4.93. The monoisotopic (exact) mass is 193 g/mol. The largest absolute Gasteiger partial charge is 0.327 e. The van der Waals surface area contributed by atoms with E-state index in [1.54, 1.807) is 12.4 Å². The number of nitrogens with zero attached hydrogens (tertiary/aromatic N) is 2. The molecule has 1 rings (SSSR count). The quantitative estimate of drug-likeness (QED) is 0.777. The number of aromatic nitrogens is 2. The summed E-state index contributed by atoms with van der Waals surface area (Å²) in [4.78, 5) is 8.49. The maximum absolute atomic E-state index is 6.08. The van der Waals surface area contributed by atoms with Gasteiger partial charge in [0.05, 0.1) is 11.4 Å². The van der Waals surface area contributed by atoms with E-state index >= 15 is 0 Å². The van der Waals surface area contributed by atoms with Gasteiger partial charge in [-0.3, -0.25) is 9.97 Å². The Morgan fingerprint density at radius 3 is 2.36 bits per heavy atom. The number of hydrogen-bond acceptors (Lipinski definition) is 3. The van der Waals surface area contributed by atoms with Crippen LogP contribution in [0.4, 0.5) is 0 Å². The lowest BCUT2D eigenvalue weighted by atomic mass is 9.84. The van der Waals surface area contributed by atoms with Gasteiger partial charge in [-0.2, -0.15) is 0 Å². The van der Waals surface area contributed by atoms with E-state index < -0.39 is 0 Å². The highest BCUT2D eigenvalue weighted by Crippen LogP contribution is 2.20. The van der Waals surface area contributed by atoms with Crippen molar-refractivity contribution in [3.05, 3.63) is 23.8 Å². The molecule has 0 fully saturated rings. The van der Waals surface area contributed by atoms with E-state index in [-0.39, 0.29) is 11.5 Å². The molecule has 0 saturated heterocycles. The van der Waals surface area contributed by atoms with Gasteiger partial charge in [0.1, 0.15) is 0 Å². The van der Waals surface area contributed by atoms with Crippen LogP contribution in [-0.2, 0) is 6.42 Å². The lowest BCUT2D eigenvalue weighted by Crippen LogP contribution is -2.37. The smallest absolute Gasteiger partial charge is 0.0631 e. The predicted octanol–water partition coefficient (Wildman–Crippen LogP) is 1.70. The summed E-state index contributed by atoms with van der Waals surface area (Å²) in [5.74, 6) is 0. The Hall–Kier alpha value is -0.960. The van der Waals surface area contributed by atoms with E-state index in [1.807, 2.05) is 6.92 Å². The van der Waals surface area contributed by atoms with Crippen LogP contribution in [0.1, 0.15) is 32.2 Å². The molecule has 1 atom stereocenters. The topological polar surface area (TPSA) is 51.8 Å². The Labute approximate surface area is 85.8 Å². The van der Waals surface area contributed by atoms with Gasteiger partial charge in [-0.05, 0) is 12.3 Å². The summed E-state index contributed by atoms with van der Waals surface area (Å²) in [5.41, 5.74) is 8.19. The molecule has 1 unspecified atom stereocenters. The first-order chi connectivity index (χ1) is 6.41. The number of rotatable bonds is 2. The van der Waals surface area contributed by atoms with Gasteiger partial charge in [0, 0.05) is 24.9 Å².